The summed E-state index contributed by atoms with van der Waals surface area (Å²) in [4.78, 5) is 11.8. The minimum atomic E-state index is -3.75. The molecule has 0 aliphatic heterocycles. The zero-order chi connectivity index (χ0) is 16.2. The number of carbonyl (C=O) groups excluding carboxylic acids is 1. The lowest BCUT2D eigenvalue weighted by Gasteiger charge is -2.08. The first-order valence-electron chi connectivity index (χ1n) is 6.17. The number of halogens is 2. The summed E-state index contributed by atoms with van der Waals surface area (Å²) in [7, 11) is -3.75. The van der Waals surface area contributed by atoms with Gasteiger partial charge in [0.1, 0.15) is 0 Å². The molecule has 0 spiro atoms. The number of hydrogen-bond donors (Lipinski definition) is 2. The highest BCUT2D eigenvalue weighted by Gasteiger charge is 2.15. The van der Waals surface area contributed by atoms with Crippen LogP contribution >= 0.6 is 27.5 Å². The predicted octanol–water partition coefficient (Wildman–Crippen LogP) is 3.02. The van der Waals surface area contributed by atoms with Crippen molar-refractivity contribution in [3.8, 4) is 0 Å². The molecule has 0 heterocycles. The summed E-state index contributed by atoms with van der Waals surface area (Å²) in [5, 5.41) is 3.04. The zero-order valence-electron chi connectivity index (χ0n) is 11.2. The first-order chi connectivity index (χ1) is 10.4. The van der Waals surface area contributed by atoms with Crippen LogP contribution in [-0.2, 0) is 14.8 Å². The monoisotopic (exact) mass is 402 g/mol. The SMILES string of the molecule is O=C(CNS(=O)(=O)c1ccc(Cl)cc1)Nc1cccc(Br)c1. The summed E-state index contributed by atoms with van der Waals surface area (Å²) in [6, 6.07) is 12.7. The number of amides is 1. The van der Waals surface area contributed by atoms with Crippen molar-refractivity contribution in [2.75, 3.05) is 11.9 Å². The summed E-state index contributed by atoms with van der Waals surface area (Å²) in [5.74, 6) is -0.462. The molecule has 0 bridgehead atoms. The third-order valence-corrected chi connectivity index (χ3v) is 4.82. The summed E-state index contributed by atoms with van der Waals surface area (Å²) < 4.78 is 27.1. The molecule has 116 valence electrons. The van der Waals surface area contributed by atoms with Crippen LogP contribution in [0.15, 0.2) is 57.9 Å². The van der Waals surface area contributed by atoms with Crippen molar-refractivity contribution in [3.05, 3.63) is 58.0 Å². The number of rotatable bonds is 5. The van der Waals surface area contributed by atoms with Crippen LogP contribution in [0.2, 0.25) is 5.02 Å². The van der Waals surface area contributed by atoms with Gasteiger partial charge in [-0.2, -0.15) is 0 Å². The molecule has 2 rings (SSSR count). The largest absolute Gasteiger partial charge is 0.325 e. The molecular formula is C14H12BrClN2O3S. The van der Waals surface area contributed by atoms with Gasteiger partial charge in [-0.3, -0.25) is 4.79 Å². The summed E-state index contributed by atoms with van der Waals surface area (Å²) in [5.41, 5.74) is 0.574. The fourth-order valence-electron chi connectivity index (χ4n) is 1.63. The van der Waals surface area contributed by atoms with E-state index in [1.54, 1.807) is 18.2 Å². The Morgan fingerprint density at radius 1 is 1.14 bits per heavy atom. The standard InChI is InChI=1S/C14H12BrClN2O3S/c15-10-2-1-3-12(8-10)18-14(19)9-17-22(20,21)13-6-4-11(16)5-7-13/h1-8,17H,9H2,(H,18,19). The van der Waals surface area contributed by atoms with Gasteiger partial charge in [-0.1, -0.05) is 33.6 Å². The molecule has 0 saturated carbocycles. The third kappa shape index (κ3) is 4.81. The normalized spacial score (nSPS) is 11.2. The molecule has 2 aromatic carbocycles. The maximum absolute atomic E-state index is 12.0. The van der Waals surface area contributed by atoms with Gasteiger partial charge in [-0.15, -0.1) is 0 Å². The van der Waals surface area contributed by atoms with E-state index in [0.717, 1.165) is 4.47 Å². The van der Waals surface area contributed by atoms with Crippen LogP contribution in [0.4, 0.5) is 5.69 Å². The van der Waals surface area contributed by atoms with Crippen LogP contribution in [0, 0.1) is 0 Å². The molecule has 8 heteroatoms. The second-order valence-electron chi connectivity index (χ2n) is 4.34. The average Bonchev–Trinajstić information content (AvgIpc) is 2.46. The molecule has 1 amide bonds. The molecule has 2 N–H and O–H groups in total. The van der Waals surface area contributed by atoms with Crippen LogP contribution in [0.1, 0.15) is 0 Å². The zero-order valence-corrected chi connectivity index (χ0v) is 14.4. The molecular weight excluding hydrogens is 392 g/mol. The molecule has 0 aliphatic carbocycles. The Labute approximate surface area is 141 Å². The van der Waals surface area contributed by atoms with Crippen molar-refractivity contribution in [2.45, 2.75) is 4.90 Å². The topological polar surface area (TPSA) is 75.3 Å². The van der Waals surface area contributed by atoms with E-state index in [-0.39, 0.29) is 11.4 Å². The van der Waals surface area contributed by atoms with Crippen molar-refractivity contribution in [2.24, 2.45) is 0 Å². The van der Waals surface area contributed by atoms with Gasteiger partial charge in [-0.25, -0.2) is 13.1 Å². The van der Waals surface area contributed by atoms with Crippen LogP contribution in [0.25, 0.3) is 0 Å². The highest BCUT2D eigenvalue weighted by molar-refractivity contribution is 9.10. The molecule has 22 heavy (non-hydrogen) atoms. The predicted molar refractivity (Wildman–Crippen MR) is 89.4 cm³/mol. The number of hydrogen-bond acceptors (Lipinski definition) is 3. The molecule has 0 aliphatic rings. The summed E-state index contributed by atoms with van der Waals surface area (Å²) >= 11 is 8.99. The van der Waals surface area contributed by atoms with E-state index in [9.17, 15) is 13.2 Å². The fourth-order valence-corrected chi connectivity index (χ4v) is 3.14. The highest BCUT2D eigenvalue weighted by atomic mass is 79.9. The van der Waals surface area contributed by atoms with Crippen molar-refractivity contribution in [1.82, 2.24) is 4.72 Å². The smallest absolute Gasteiger partial charge is 0.241 e. The molecule has 5 nitrogen and oxygen atoms in total. The van der Waals surface area contributed by atoms with Gasteiger partial charge in [0.2, 0.25) is 15.9 Å². The lowest BCUT2D eigenvalue weighted by molar-refractivity contribution is -0.115. The Morgan fingerprint density at radius 3 is 2.45 bits per heavy atom. The Kier molecular flexibility index (Phi) is 5.57. The third-order valence-electron chi connectivity index (χ3n) is 2.66. The maximum atomic E-state index is 12.0. The first-order valence-corrected chi connectivity index (χ1v) is 8.83. The van der Waals surface area contributed by atoms with Crippen LogP contribution in [0.5, 0.6) is 0 Å². The van der Waals surface area contributed by atoms with E-state index in [4.69, 9.17) is 11.6 Å². The van der Waals surface area contributed by atoms with Gasteiger partial charge >= 0.3 is 0 Å². The van der Waals surface area contributed by atoms with Gasteiger partial charge in [0, 0.05) is 15.2 Å². The fraction of sp³-hybridized carbons (Fsp3) is 0.0714. The Morgan fingerprint density at radius 2 is 1.82 bits per heavy atom. The van der Waals surface area contributed by atoms with Gasteiger partial charge in [0.05, 0.1) is 11.4 Å². The summed E-state index contributed by atoms with van der Waals surface area (Å²) in [6.45, 7) is -0.364. The first kappa shape index (κ1) is 17.0. The van der Waals surface area contributed by atoms with Gasteiger partial charge in [0.25, 0.3) is 0 Å². The van der Waals surface area contributed by atoms with E-state index >= 15 is 0 Å². The van der Waals surface area contributed by atoms with Gasteiger partial charge in [-0.05, 0) is 42.5 Å². The number of anilines is 1. The van der Waals surface area contributed by atoms with Crippen LogP contribution in [-0.4, -0.2) is 20.9 Å². The van der Waals surface area contributed by atoms with E-state index in [0.29, 0.717) is 10.7 Å². The second kappa shape index (κ2) is 7.23. The molecule has 0 saturated heterocycles. The quantitative estimate of drug-likeness (QED) is 0.806. The molecule has 0 atom stereocenters. The highest BCUT2D eigenvalue weighted by Crippen LogP contribution is 2.16. The van der Waals surface area contributed by atoms with E-state index in [1.807, 2.05) is 6.07 Å². The number of sulfonamides is 1. The molecule has 0 fully saturated rings. The van der Waals surface area contributed by atoms with E-state index in [2.05, 4.69) is 26.0 Å². The number of benzene rings is 2. The second-order valence-corrected chi connectivity index (χ2v) is 7.46. The molecule has 2 aromatic rings. The summed E-state index contributed by atoms with van der Waals surface area (Å²) in [6.07, 6.45) is 0. The van der Waals surface area contributed by atoms with Crippen molar-refractivity contribution < 1.29 is 13.2 Å². The van der Waals surface area contributed by atoms with E-state index < -0.39 is 15.9 Å². The lowest BCUT2D eigenvalue weighted by atomic mass is 10.3. The molecule has 0 aromatic heterocycles. The molecule has 0 radical (unpaired) electrons. The van der Waals surface area contributed by atoms with E-state index in [1.165, 1.54) is 24.3 Å². The van der Waals surface area contributed by atoms with Gasteiger partial charge < -0.3 is 5.32 Å². The van der Waals surface area contributed by atoms with Gasteiger partial charge in [0.15, 0.2) is 0 Å². The number of nitrogens with one attached hydrogen (secondary N) is 2. The van der Waals surface area contributed by atoms with Crippen molar-refractivity contribution in [3.63, 3.8) is 0 Å². The molecule has 0 unspecified atom stereocenters. The van der Waals surface area contributed by atoms with Crippen LogP contribution in [0.3, 0.4) is 0 Å². The van der Waals surface area contributed by atoms with Crippen LogP contribution < -0.4 is 10.0 Å². The Hall–Kier alpha value is -1.41. The maximum Gasteiger partial charge on any atom is 0.241 e. The lowest BCUT2D eigenvalue weighted by Crippen LogP contribution is -2.32. The average molecular weight is 404 g/mol. The Bertz CT molecular complexity index is 779. The minimum absolute atomic E-state index is 0.0483. The minimum Gasteiger partial charge on any atom is -0.325 e. The van der Waals surface area contributed by atoms with Crippen molar-refractivity contribution in [1.29, 1.82) is 0 Å². The van der Waals surface area contributed by atoms with Crippen molar-refractivity contribution >= 4 is 49.1 Å². The Balaban J connectivity index is 1.97. The number of carbonyl (C=O) groups is 1.